The highest BCUT2D eigenvalue weighted by Crippen LogP contribution is 2.31. The van der Waals surface area contributed by atoms with Crippen molar-refractivity contribution in [1.82, 2.24) is 4.98 Å². The molecule has 0 spiro atoms. The van der Waals surface area contributed by atoms with Crippen LogP contribution in [0, 0.1) is 0 Å². The third kappa shape index (κ3) is 3.23. The van der Waals surface area contributed by atoms with E-state index in [0.29, 0.717) is 17.1 Å². The molecule has 0 aliphatic heterocycles. The third-order valence-corrected chi connectivity index (χ3v) is 4.04. The molecule has 0 amide bonds. The van der Waals surface area contributed by atoms with E-state index in [2.05, 4.69) is 30.7 Å². The van der Waals surface area contributed by atoms with E-state index in [1.54, 1.807) is 11.3 Å². The first-order valence-electron chi connectivity index (χ1n) is 5.08. The lowest BCUT2D eigenvalue weighted by Crippen LogP contribution is -2.31. The third-order valence-electron chi connectivity index (χ3n) is 2.09. The van der Waals surface area contributed by atoms with Crippen molar-refractivity contribution in [1.29, 1.82) is 0 Å². The predicted octanol–water partition coefficient (Wildman–Crippen LogP) is 4.16. The van der Waals surface area contributed by atoms with Crippen LogP contribution in [0.2, 0.25) is 5.15 Å². The van der Waals surface area contributed by atoms with Crippen molar-refractivity contribution in [2.24, 2.45) is 0 Å². The minimum absolute atomic E-state index is 0.439. The lowest BCUT2D eigenvalue weighted by Gasteiger charge is -2.25. The molecule has 1 heterocycles. The topological polar surface area (TPSA) is 16.1 Å². The van der Waals surface area contributed by atoms with Gasteiger partial charge < -0.3 is 4.90 Å². The molecule has 0 radical (unpaired) electrons. The van der Waals surface area contributed by atoms with Crippen LogP contribution in [0.15, 0.2) is 0 Å². The lowest BCUT2D eigenvalue weighted by atomic mass is 10.3. The van der Waals surface area contributed by atoms with E-state index in [9.17, 15) is 0 Å². The smallest absolute Gasteiger partial charge is 0.187 e. The zero-order valence-electron chi connectivity index (χ0n) is 9.26. The number of alkyl halides is 1. The first kappa shape index (κ1) is 13.1. The number of hydrogen-bond donors (Lipinski definition) is 0. The van der Waals surface area contributed by atoms with Gasteiger partial charge in [-0.2, -0.15) is 0 Å². The van der Waals surface area contributed by atoms with Crippen LogP contribution in [0.25, 0.3) is 0 Å². The SMILES string of the molecule is CCCN(c1nc(Cl)c(CCl)s1)C(C)C. The Morgan fingerprint density at radius 3 is 2.53 bits per heavy atom. The second kappa shape index (κ2) is 5.92. The molecule has 2 nitrogen and oxygen atoms in total. The van der Waals surface area contributed by atoms with Gasteiger partial charge in [0.2, 0.25) is 0 Å². The number of hydrogen-bond acceptors (Lipinski definition) is 3. The standard InChI is InChI=1S/C10H16Cl2N2S/c1-4-5-14(7(2)3)10-13-9(12)8(6-11)15-10/h7H,4-6H2,1-3H3. The highest BCUT2D eigenvalue weighted by Gasteiger charge is 2.16. The largest absolute Gasteiger partial charge is 0.346 e. The Kier molecular flexibility index (Phi) is 5.16. The molecule has 0 unspecified atom stereocenters. The minimum Gasteiger partial charge on any atom is -0.346 e. The molecular formula is C10H16Cl2N2S. The van der Waals surface area contributed by atoms with Crippen LogP contribution in [-0.2, 0) is 5.88 Å². The monoisotopic (exact) mass is 266 g/mol. The van der Waals surface area contributed by atoms with Crippen LogP contribution < -0.4 is 4.90 Å². The minimum atomic E-state index is 0.439. The van der Waals surface area contributed by atoms with Gasteiger partial charge in [0.15, 0.2) is 5.13 Å². The van der Waals surface area contributed by atoms with E-state index in [-0.39, 0.29) is 0 Å². The number of anilines is 1. The van der Waals surface area contributed by atoms with Crippen molar-refractivity contribution in [2.45, 2.75) is 39.1 Å². The molecule has 0 bridgehead atoms. The highest BCUT2D eigenvalue weighted by molar-refractivity contribution is 7.16. The van der Waals surface area contributed by atoms with Gasteiger partial charge in [0.25, 0.3) is 0 Å². The summed E-state index contributed by atoms with van der Waals surface area (Å²) >= 11 is 13.3. The number of rotatable bonds is 5. The molecule has 0 aliphatic carbocycles. The fraction of sp³-hybridized carbons (Fsp3) is 0.700. The number of aromatic nitrogens is 1. The Morgan fingerprint density at radius 2 is 2.13 bits per heavy atom. The summed E-state index contributed by atoms with van der Waals surface area (Å²) in [6, 6.07) is 0.440. The second-order valence-electron chi connectivity index (χ2n) is 3.63. The summed E-state index contributed by atoms with van der Waals surface area (Å²) in [6.07, 6.45) is 1.10. The zero-order chi connectivity index (χ0) is 11.4. The number of halogens is 2. The first-order valence-corrected chi connectivity index (χ1v) is 6.80. The van der Waals surface area contributed by atoms with E-state index in [0.717, 1.165) is 23.0 Å². The van der Waals surface area contributed by atoms with Crippen molar-refractivity contribution in [3.63, 3.8) is 0 Å². The zero-order valence-corrected chi connectivity index (χ0v) is 11.6. The summed E-state index contributed by atoms with van der Waals surface area (Å²) in [5, 5.41) is 1.53. The van der Waals surface area contributed by atoms with Crippen LogP contribution in [-0.4, -0.2) is 17.6 Å². The van der Waals surface area contributed by atoms with E-state index in [1.807, 2.05) is 0 Å². The summed E-state index contributed by atoms with van der Waals surface area (Å²) in [5.41, 5.74) is 0. The van der Waals surface area contributed by atoms with E-state index in [1.165, 1.54) is 0 Å². The fourth-order valence-electron chi connectivity index (χ4n) is 1.34. The van der Waals surface area contributed by atoms with Crippen LogP contribution in [0.3, 0.4) is 0 Å². The van der Waals surface area contributed by atoms with Crippen LogP contribution in [0.5, 0.6) is 0 Å². The van der Waals surface area contributed by atoms with Crippen LogP contribution in [0.4, 0.5) is 5.13 Å². The Hall–Kier alpha value is 0.01000. The van der Waals surface area contributed by atoms with Gasteiger partial charge in [-0.05, 0) is 20.3 Å². The summed E-state index contributed by atoms with van der Waals surface area (Å²) < 4.78 is 0. The summed E-state index contributed by atoms with van der Waals surface area (Å²) in [5.74, 6) is 0.439. The quantitative estimate of drug-likeness (QED) is 0.745. The molecule has 0 aliphatic rings. The first-order chi connectivity index (χ1) is 7.10. The predicted molar refractivity (Wildman–Crippen MR) is 69.5 cm³/mol. The van der Waals surface area contributed by atoms with Crippen molar-refractivity contribution < 1.29 is 0 Å². The van der Waals surface area contributed by atoms with Crippen molar-refractivity contribution in [3.05, 3.63) is 10.0 Å². The maximum absolute atomic E-state index is 5.98. The number of thiazole rings is 1. The molecule has 5 heteroatoms. The molecule has 0 atom stereocenters. The van der Waals surface area contributed by atoms with Gasteiger partial charge >= 0.3 is 0 Å². The summed E-state index contributed by atoms with van der Waals surface area (Å²) in [7, 11) is 0. The molecule has 0 saturated heterocycles. The Balaban J connectivity index is 2.90. The van der Waals surface area contributed by atoms with Gasteiger partial charge in [-0.15, -0.1) is 11.6 Å². The van der Waals surface area contributed by atoms with E-state index < -0.39 is 0 Å². The van der Waals surface area contributed by atoms with Gasteiger partial charge in [-0.3, -0.25) is 0 Å². The summed E-state index contributed by atoms with van der Waals surface area (Å²) in [4.78, 5) is 7.56. The van der Waals surface area contributed by atoms with Crippen LogP contribution >= 0.6 is 34.5 Å². The molecule has 0 fully saturated rings. The average molecular weight is 267 g/mol. The average Bonchev–Trinajstić information content (AvgIpc) is 2.55. The highest BCUT2D eigenvalue weighted by atomic mass is 35.5. The molecule has 0 N–H and O–H groups in total. The molecule has 1 aromatic heterocycles. The summed E-state index contributed by atoms with van der Waals surface area (Å²) in [6.45, 7) is 7.48. The Labute approximate surface area is 105 Å². The van der Waals surface area contributed by atoms with Gasteiger partial charge in [0.1, 0.15) is 5.15 Å². The maximum Gasteiger partial charge on any atom is 0.187 e. The number of nitrogens with zero attached hydrogens (tertiary/aromatic N) is 2. The Morgan fingerprint density at radius 1 is 1.47 bits per heavy atom. The van der Waals surface area contributed by atoms with Crippen molar-refractivity contribution in [2.75, 3.05) is 11.4 Å². The lowest BCUT2D eigenvalue weighted by molar-refractivity contribution is 0.669. The van der Waals surface area contributed by atoms with Gasteiger partial charge in [0, 0.05) is 12.6 Å². The molecular weight excluding hydrogens is 251 g/mol. The van der Waals surface area contributed by atoms with Crippen LogP contribution in [0.1, 0.15) is 32.1 Å². The molecule has 15 heavy (non-hydrogen) atoms. The van der Waals surface area contributed by atoms with Gasteiger partial charge in [-0.25, -0.2) is 4.98 Å². The van der Waals surface area contributed by atoms with E-state index in [4.69, 9.17) is 23.2 Å². The fourth-order valence-corrected chi connectivity index (χ4v) is 2.97. The molecule has 0 aromatic carbocycles. The van der Waals surface area contributed by atoms with Crippen molar-refractivity contribution >= 4 is 39.7 Å². The van der Waals surface area contributed by atoms with E-state index >= 15 is 0 Å². The molecule has 86 valence electrons. The molecule has 0 saturated carbocycles. The van der Waals surface area contributed by atoms with Gasteiger partial charge in [-0.1, -0.05) is 29.9 Å². The second-order valence-corrected chi connectivity index (χ2v) is 5.32. The molecule has 1 rings (SSSR count). The van der Waals surface area contributed by atoms with Crippen molar-refractivity contribution in [3.8, 4) is 0 Å². The Bertz CT molecular complexity index is 312. The maximum atomic E-state index is 5.98. The molecule has 1 aromatic rings. The van der Waals surface area contributed by atoms with Gasteiger partial charge in [0.05, 0.1) is 10.8 Å². The normalized spacial score (nSPS) is 11.1.